The first-order valence-corrected chi connectivity index (χ1v) is 12.8. The van der Waals surface area contributed by atoms with E-state index < -0.39 is 11.7 Å². The van der Waals surface area contributed by atoms with Crippen LogP contribution < -0.4 is 10.2 Å². The highest BCUT2D eigenvalue weighted by Crippen LogP contribution is 2.42. The van der Waals surface area contributed by atoms with Crippen molar-refractivity contribution in [2.75, 3.05) is 23.3 Å². The Balaban J connectivity index is 1.53. The molecule has 2 fully saturated rings. The smallest absolute Gasteiger partial charge is 0.351 e. The van der Waals surface area contributed by atoms with Gasteiger partial charge in [0.1, 0.15) is 0 Å². The van der Waals surface area contributed by atoms with E-state index >= 15 is 0 Å². The van der Waals surface area contributed by atoms with Crippen LogP contribution in [0.15, 0.2) is 36.5 Å². The number of thiazole rings is 1. The third-order valence-electron chi connectivity index (χ3n) is 6.53. The lowest BCUT2D eigenvalue weighted by atomic mass is 9.96. The first-order valence-electron chi connectivity index (χ1n) is 12.0. The maximum absolute atomic E-state index is 13.4. The molecule has 1 saturated carbocycles. The van der Waals surface area contributed by atoms with Gasteiger partial charge in [-0.05, 0) is 50.3 Å². The SMILES string of the molecule is FC(F)(F)c1cccc(-c2nc(N3CCCCC3)sc2-c2ccnc(NC3CCCCC3)n2)c1. The number of aromatic nitrogens is 3. The zero-order valence-corrected chi connectivity index (χ0v) is 19.8. The summed E-state index contributed by atoms with van der Waals surface area (Å²) >= 11 is 1.50. The van der Waals surface area contributed by atoms with Gasteiger partial charge in [-0.25, -0.2) is 15.0 Å². The Bertz CT molecular complexity index is 1120. The highest BCUT2D eigenvalue weighted by atomic mass is 32.1. The quantitative estimate of drug-likeness (QED) is 0.419. The molecule has 180 valence electrons. The molecule has 0 bridgehead atoms. The van der Waals surface area contributed by atoms with E-state index in [1.54, 1.807) is 12.3 Å². The van der Waals surface area contributed by atoms with E-state index in [9.17, 15) is 13.2 Å². The molecule has 0 atom stereocenters. The summed E-state index contributed by atoms with van der Waals surface area (Å²) in [5.41, 5.74) is 0.996. The van der Waals surface area contributed by atoms with Crippen LogP contribution in [0.5, 0.6) is 0 Å². The average molecular weight is 488 g/mol. The minimum Gasteiger partial charge on any atom is -0.351 e. The van der Waals surface area contributed by atoms with Crippen molar-refractivity contribution in [1.82, 2.24) is 15.0 Å². The Morgan fingerprint density at radius 2 is 1.71 bits per heavy atom. The predicted molar refractivity (Wildman–Crippen MR) is 130 cm³/mol. The van der Waals surface area contributed by atoms with Crippen LogP contribution in [0, 0.1) is 0 Å². The van der Waals surface area contributed by atoms with Crippen molar-refractivity contribution in [3.8, 4) is 21.8 Å². The summed E-state index contributed by atoms with van der Waals surface area (Å²) in [4.78, 5) is 17.0. The molecule has 0 unspecified atom stereocenters. The number of benzene rings is 1. The van der Waals surface area contributed by atoms with E-state index in [0.717, 1.165) is 54.8 Å². The molecule has 2 aliphatic rings. The van der Waals surface area contributed by atoms with E-state index in [2.05, 4.69) is 15.2 Å². The van der Waals surface area contributed by atoms with Gasteiger partial charge in [-0.3, -0.25) is 0 Å². The van der Waals surface area contributed by atoms with E-state index in [4.69, 9.17) is 9.97 Å². The van der Waals surface area contributed by atoms with Crippen LogP contribution in [0.25, 0.3) is 21.8 Å². The summed E-state index contributed by atoms with van der Waals surface area (Å²) in [6.45, 7) is 1.82. The third-order valence-corrected chi connectivity index (χ3v) is 7.67. The minimum absolute atomic E-state index is 0.359. The average Bonchev–Trinajstić information content (AvgIpc) is 3.31. The molecule has 1 saturated heterocycles. The monoisotopic (exact) mass is 487 g/mol. The van der Waals surface area contributed by atoms with Gasteiger partial charge in [-0.1, -0.05) is 42.7 Å². The Morgan fingerprint density at radius 1 is 0.941 bits per heavy atom. The second kappa shape index (κ2) is 9.90. The zero-order chi connectivity index (χ0) is 23.5. The molecule has 1 aromatic carbocycles. The maximum Gasteiger partial charge on any atom is 0.416 e. The number of nitrogens with zero attached hydrogens (tertiary/aromatic N) is 4. The van der Waals surface area contributed by atoms with Crippen molar-refractivity contribution in [2.45, 2.75) is 63.6 Å². The molecule has 5 nitrogen and oxygen atoms in total. The second-order valence-electron chi connectivity index (χ2n) is 9.05. The fraction of sp³-hybridized carbons (Fsp3) is 0.480. The van der Waals surface area contributed by atoms with Crippen LogP contribution in [-0.4, -0.2) is 34.1 Å². The van der Waals surface area contributed by atoms with Gasteiger partial charge in [0.15, 0.2) is 5.13 Å². The predicted octanol–water partition coefficient (Wildman–Crippen LogP) is 7.02. The molecule has 1 aliphatic heterocycles. The van der Waals surface area contributed by atoms with Gasteiger partial charge in [0.05, 0.1) is 21.8 Å². The molecular formula is C25H28F3N5S. The summed E-state index contributed by atoms with van der Waals surface area (Å²) in [5.74, 6) is 0.562. The molecule has 0 amide bonds. The molecule has 2 aromatic heterocycles. The lowest BCUT2D eigenvalue weighted by molar-refractivity contribution is -0.137. The van der Waals surface area contributed by atoms with E-state index in [1.165, 1.54) is 49.2 Å². The van der Waals surface area contributed by atoms with E-state index in [1.807, 2.05) is 6.07 Å². The van der Waals surface area contributed by atoms with Crippen LogP contribution in [-0.2, 0) is 6.18 Å². The molecule has 1 N–H and O–H groups in total. The normalized spacial score (nSPS) is 17.7. The summed E-state index contributed by atoms with van der Waals surface area (Å²) in [7, 11) is 0. The molecule has 0 spiro atoms. The summed E-state index contributed by atoms with van der Waals surface area (Å²) in [6.07, 6.45) is 6.55. The summed E-state index contributed by atoms with van der Waals surface area (Å²) < 4.78 is 40.3. The molecule has 1 aliphatic carbocycles. The number of nitrogens with one attached hydrogen (secondary N) is 1. The largest absolute Gasteiger partial charge is 0.416 e. The van der Waals surface area contributed by atoms with Crippen molar-refractivity contribution in [3.05, 3.63) is 42.1 Å². The van der Waals surface area contributed by atoms with Crippen LogP contribution in [0.3, 0.4) is 0 Å². The molecule has 0 radical (unpaired) electrons. The topological polar surface area (TPSA) is 53.9 Å². The number of hydrogen-bond acceptors (Lipinski definition) is 6. The van der Waals surface area contributed by atoms with E-state index in [-0.39, 0.29) is 0 Å². The van der Waals surface area contributed by atoms with Crippen molar-refractivity contribution in [1.29, 1.82) is 0 Å². The van der Waals surface area contributed by atoms with Crippen LogP contribution in [0.2, 0.25) is 0 Å². The van der Waals surface area contributed by atoms with Crippen molar-refractivity contribution in [3.63, 3.8) is 0 Å². The number of halogens is 3. The Labute approximate surface area is 201 Å². The van der Waals surface area contributed by atoms with Gasteiger partial charge in [-0.2, -0.15) is 13.2 Å². The number of anilines is 2. The zero-order valence-electron chi connectivity index (χ0n) is 18.9. The first kappa shape index (κ1) is 23.1. The number of rotatable bonds is 5. The van der Waals surface area contributed by atoms with E-state index in [0.29, 0.717) is 28.9 Å². The fourth-order valence-corrected chi connectivity index (χ4v) is 5.84. The molecule has 3 aromatic rings. The van der Waals surface area contributed by atoms with Crippen LogP contribution in [0.1, 0.15) is 56.9 Å². The lowest BCUT2D eigenvalue weighted by Crippen LogP contribution is -2.29. The van der Waals surface area contributed by atoms with Crippen molar-refractivity contribution >= 4 is 22.4 Å². The Kier molecular flexibility index (Phi) is 6.72. The molecular weight excluding hydrogens is 459 g/mol. The second-order valence-corrected chi connectivity index (χ2v) is 10.0. The molecule has 3 heterocycles. The molecule has 9 heteroatoms. The first-order chi connectivity index (χ1) is 16.5. The van der Waals surface area contributed by atoms with Gasteiger partial charge in [0, 0.05) is 30.9 Å². The number of piperidine rings is 1. The number of alkyl halides is 3. The standard InChI is InChI=1S/C25H28F3N5S/c26-25(27,28)18-9-7-8-17(16-18)21-22(34-24(32-21)33-14-5-2-6-15-33)20-12-13-29-23(31-20)30-19-10-3-1-4-11-19/h7-9,12-13,16,19H,1-6,10-11,14-15H2,(H,29,30,31). The van der Waals surface area contributed by atoms with Crippen LogP contribution in [0.4, 0.5) is 24.3 Å². The maximum atomic E-state index is 13.4. The molecule has 34 heavy (non-hydrogen) atoms. The summed E-state index contributed by atoms with van der Waals surface area (Å²) in [5, 5.41) is 4.29. The summed E-state index contributed by atoms with van der Waals surface area (Å²) in [6, 6.07) is 7.58. The Morgan fingerprint density at radius 3 is 2.47 bits per heavy atom. The van der Waals surface area contributed by atoms with Gasteiger partial charge in [0.2, 0.25) is 5.95 Å². The highest BCUT2D eigenvalue weighted by Gasteiger charge is 2.31. The van der Waals surface area contributed by atoms with Gasteiger partial charge in [0.25, 0.3) is 0 Å². The van der Waals surface area contributed by atoms with Crippen molar-refractivity contribution in [2.24, 2.45) is 0 Å². The van der Waals surface area contributed by atoms with Gasteiger partial charge in [-0.15, -0.1) is 0 Å². The lowest BCUT2D eigenvalue weighted by Gasteiger charge is -2.25. The third kappa shape index (κ3) is 5.19. The minimum atomic E-state index is -4.41. The van der Waals surface area contributed by atoms with Crippen molar-refractivity contribution < 1.29 is 13.2 Å². The fourth-order valence-electron chi connectivity index (χ4n) is 4.73. The number of hydrogen-bond donors (Lipinski definition) is 1. The Hall–Kier alpha value is -2.68. The van der Waals surface area contributed by atoms with Crippen LogP contribution >= 0.6 is 11.3 Å². The highest BCUT2D eigenvalue weighted by molar-refractivity contribution is 7.19. The molecule has 5 rings (SSSR count). The van der Waals surface area contributed by atoms with Gasteiger partial charge >= 0.3 is 6.18 Å². The van der Waals surface area contributed by atoms with Gasteiger partial charge < -0.3 is 10.2 Å².